The van der Waals surface area contributed by atoms with Crippen LogP contribution in [0.2, 0.25) is 5.02 Å². The van der Waals surface area contributed by atoms with Crippen LogP contribution in [0.4, 0.5) is 0 Å². The third-order valence-corrected chi connectivity index (χ3v) is 5.96. The lowest BCUT2D eigenvalue weighted by molar-refractivity contribution is -0.384. The summed E-state index contributed by atoms with van der Waals surface area (Å²) in [5.74, 6) is 0. The number of aromatic nitrogens is 1. The Hall–Kier alpha value is -2.32. The zero-order chi connectivity index (χ0) is 21.9. The number of halogens is 1. The van der Waals surface area contributed by atoms with Gasteiger partial charge in [0, 0.05) is 29.4 Å². The van der Waals surface area contributed by atoms with E-state index in [0.717, 1.165) is 16.8 Å². The van der Waals surface area contributed by atoms with Crippen LogP contribution in [0.25, 0.3) is 0 Å². The Morgan fingerprint density at radius 3 is 1.81 bits per heavy atom. The molecular weight excluding hydrogens is 430 g/mol. The van der Waals surface area contributed by atoms with Crippen molar-refractivity contribution in [1.82, 2.24) is 4.98 Å². The molecule has 0 amide bonds. The van der Waals surface area contributed by atoms with Crippen LogP contribution in [0.1, 0.15) is 29.4 Å². The Morgan fingerprint density at radius 2 is 1.28 bits per heavy atom. The van der Waals surface area contributed by atoms with Crippen molar-refractivity contribution in [2.75, 3.05) is 6.61 Å². The molecule has 2 fully saturated rings. The molecule has 0 aliphatic carbocycles. The number of aliphatic hydroxyl groups excluding tert-OH is 1. The highest BCUT2D eigenvalue weighted by atomic mass is 35.5. The van der Waals surface area contributed by atoms with Gasteiger partial charge in [-0.05, 0) is 12.1 Å². The Kier molecular flexibility index (Phi) is 6.50. The van der Waals surface area contributed by atoms with Gasteiger partial charge in [-0.2, -0.15) is 0 Å². The van der Waals surface area contributed by atoms with E-state index in [0.29, 0.717) is 11.4 Å². The van der Waals surface area contributed by atoms with Gasteiger partial charge in [-0.25, -0.2) is 0 Å². The second-order valence-electron chi connectivity index (χ2n) is 7.89. The van der Waals surface area contributed by atoms with E-state index in [9.17, 15) is 5.11 Å². The van der Waals surface area contributed by atoms with Crippen LogP contribution in [0.3, 0.4) is 0 Å². The van der Waals surface area contributed by atoms with Crippen molar-refractivity contribution in [2.24, 2.45) is 0 Å². The molecular formula is C25H24ClNO5. The third kappa shape index (κ3) is 4.57. The summed E-state index contributed by atoms with van der Waals surface area (Å²) in [6.45, 7) is -0.193. The lowest BCUT2D eigenvalue weighted by Gasteiger charge is -2.49. The number of hydrogen-bond acceptors (Lipinski definition) is 6. The molecule has 6 atom stereocenters. The molecule has 1 aromatic heterocycles. The molecule has 0 radical (unpaired) electrons. The number of ether oxygens (including phenoxy) is 4. The highest BCUT2D eigenvalue weighted by Gasteiger charge is 2.50. The summed E-state index contributed by atoms with van der Waals surface area (Å²) in [5.41, 5.74) is 2.60. The predicted octanol–water partition coefficient (Wildman–Crippen LogP) is 4.24. The zero-order valence-electron chi connectivity index (χ0n) is 17.3. The van der Waals surface area contributed by atoms with Crippen LogP contribution < -0.4 is 0 Å². The summed E-state index contributed by atoms with van der Waals surface area (Å²) >= 11 is 6.01. The minimum atomic E-state index is -0.629. The van der Waals surface area contributed by atoms with Crippen LogP contribution in [0, 0.1) is 0 Å². The molecule has 2 aliphatic heterocycles. The van der Waals surface area contributed by atoms with Crippen molar-refractivity contribution in [3.05, 3.63) is 101 Å². The molecule has 6 unspecified atom stereocenters. The summed E-state index contributed by atoms with van der Waals surface area (Å²) in [7, 11) is 0. The second-order valence-corrected chi connectivity index (χ2v) is 8.33. The van der Waals surface area contributed by atoms with E-state index in [2.05, 4.69) is 4.98 Å². The van der Waals surface area contributed by atoms with E-state index >= 15 is 0 Å². The third-order valence-electron chi connectivity index (χ3n) is 5.74. The lowest BCUT2D eigenvalue weighted by atomic mass is 9.95. The van der Waals surface area contributed by atoms with Crippen molar-refractivity contribution in [1.29, 1.82) is 0 Å². The number of rotatable bonds is 5. The Balaban J connectivity index is 1.46. The monoisotopic (exact) mass is 453 g/mol. The highest BCUT2D eigenvalue weighted by Crippen LogP contribution is 2.41. The van der Waals surface area contributed by atoms with E-state index in [-0.39, 0.29) is 12.7 Å². The van der Waals surface area contributed by atoms with E-state index in [4.69, 9.17) is 30.5 Å². The lowest BCUT2D eigenvalue weighted by Crippen LogP contribution is -2.59. The van der Waals surface area contributed by atoms with Crippen molar-refractivity contribution in [2.45, 2.75) is 43.4 Å². The smallest absolute Gasteiger partial charge is 0.184 e. The number of pyridine rings is 1. The Labute approximate surface area is 191 Å². The second kappa shape index (κ2) is 9.67. The van der Waals surface area contributed by atoms with E-state index in [1.165, 1.54) is 0 Å². The van der Waals surface area contributed by atoms with Gasteiger partial charge in [0.15, 0.2) is 12.6 Å². The molecule has 1 N–H and O–H groups in total. The van der Waals surface area contributed by atoms with Gasteiger partial charge >= 0.3 is 0 Å². The zero-order valence-corrected chi connectivity index (χ0v) is 18.0. The van der Waals surface area contributed by atoms with Gasteiger partial charge in [-0.3, -0.25) is 4.98 Å². The van der Waals surface area contributed by atoms with Gasteiger partial charge in [0.25, 0.3) is 0 Å². The first-order valence-electron chi connectivity index (χ1n) is 10.6. The highest BCUT2D eigenvalue weighted by molar-refractivity contribution is 6.30. The molecule has 2 aliphatic rings. The molecule has 2 saturated heterocycles. The van der Waals surface area contributed by atoms with Crippen molar-refractivity contribution in [3.8, 4) is 0 Å². The Bertz CT molecular complexity index is 1000. The SMILES string of the molecule is OCC1OC(c2ccccc2)OC2C(Cc3ccc(Cl)cn3)OC(c3ccccc3)OC12. The Morgan fingerprint density at radius 1 is 0.719 bits per heavy atom. The van der Waals surface area contributed by atoms with Crippen molar-refractivity contribution >= 4 is 11.6 Å². The summed E-state index contributed by atoms with van der Waals surface area (Å²) in [4.78, 5) is 4.44. The van der Waals surface area contributed by atoms with Crippen molar-refractivity contribution < 1.29 is 24.1 Å². The first kappa shape index (κ1) is 21.5. The van der Waals surface area contributed by atoms with Crippen LogP contribution in [0.5, 0.6) is 0 Å². The minimum absolute atomic E-state index is 0.193. The maximum absolute atomic E-state index is 10.1. The quantitative estimate of drug-likeness (QED) is 0.623. The number of nitrogens with zero attached hydrogens (tertiary/aromatic N) is 1. The standard InChI is InChI=1S/C25H24ClNO5/c26-18-11-12-19(27-14-18)13-20-22-23(32-24(29-20)16-7-3-1-4-8-16)21(15-28)30-25(31-22)17-9-5-2-6-10-17/h1-12,14,20-25,28H,13,15H2. The van der Waals surface area contributed by atoms with Gasteiger partial charge in [-0.1, -0.05) is 72.3 Å². The fraction of sp³-hybridized carbons (Fsp3) is 0.320. The normalized spacial score (nSPS) is 29.9. The molecule has 3 heterocycles. The molecule has 166 valence electrons. The summed E-state index contributed by atoms with van der Waals surface area (Å²) < 4.78 is 25.1. The molecule has 3 aromatic rings. The number of benzene rings is 2. The van der Waals surface area contributed by atoms with E-state index in [1.807, 2.05) is 72.8 Å². The average molecular weight is 454 g/mol. The fourth-order valence-corrected chi connectivity index (χ4v) is 4.27. The first-order valence-corrected chi connectivity index (χ1v) is 11.0. The molecule has 0 bridgehead atoms. The maximum atomic E-state index is 10.1. The number of fused-ring (bicyclic) bond motifs is 1. The van der Waals surface area contributed by atoms with Crippen molar-refractivity contribution in [3.63, 3.8) is 0 Å². The van der Waals surface area contributed by atoms with Crippen LogP contribution in [0.15, 0.2) is 79.0 Å². The van der Waals surface area contributed by atoms with Crippen LogP contribution in [-0.4, -0.2) is 41.1 Å². The fourth-order valence-electron chi connectivity index (χ4n) is 4.15. The maximum Gasteiger partial charge on any atom is 0.184 e. The van der Waals surface area contributed by atoms with Gasteiger partial charge < -0.3 is 24.1 Å². The summed E-state index contributed by atoms with van der Waals surface area (Å²) in [6, 6.07) is 23.1. The van der Waals surface area contributed by atoms with Gasteiger partial charge in [0.2, 0.25) is 0 Å². The molecule has 5 rings (SSSR count). The minimum Gasteiger partial charge on any atom is -0.394 e. The molecule has 0 saturated carbocycles. The summed E-state index contributed by atoms with van der Waals surface area (Å²) in [5, 5.41) is 10.7. The van der Waals surface area contributed by atoms with Gasteiger partial charge in [-0.15, -0.1) is 0 Å². The van der Waals surface area contributed by atoms with E-state index < -0.39 is 30.9 Å². The number of aliphatic hydroxyl groups is 1. The molecule has 2 aromatic carbocycles. The molecule has 0 spiro atoms. The van der Waals surface area contributed by atoms with Crippen LogP contribution >= 0.6 is 11.6 Å². The van der Waals surface area contributed by atoms with Gasteiger partial charge in [0.1, 0.15) is 18.3 Å². The molecule has 6 nitrogen and oxygen atoms in total. The summed E-state index contributed by atoms with van der Waals surface area (Å²) in [6.07, 6.45) is -0.993. The van der Waals surface area contributed by atoms with Gasteiger partial charge in [0.05, 0.1) is 17.7 Å². The molecule has 32 heavy (non-hydrogen) atoms. The van der Waals surface area contributed by atoms with E-state index in [1.54, 1.807) is 6.20 Å². The molecule has 7 heteroatoms. The topological polar surface area (TPSA) is 70.0 Å². The first-order chi connectivity index (χ1) is 15.7. The average Bonchev–Trinajstić information content (AvgIpc) is 2.86. The number of hydrogen-bond donors (Lipinski definition) is 1. The predicted molar refractivity (Wildman–Crippen MR) is 118 cm³/mol. The largest absolute Gasteiger partial charge is 0.394 e. The van der Waals surface area contributed by atoms with Crippen LogP contribution in [-0.2, 0) is 25.4 Å².